The zero-order valence-corrected chi connectivity index (χ0v) is 13.2. The number of nitrogens with zero attached hydrogens (tertiary/aromatic N) is 1. The molecule has 0 aliphatic carbocycles. The third-order valence-corrected chi connectivity index (χ3v) is 3.87. The maximum atomic E-state index is 12.9. The molecule has 5 nitrogen and oxygen atoms in total. The van der Waals surface area contributed by atoms with Gasteiger partial charge in [-0.15, -0.1) is 13.2 Å². The van der Waals surface area contributed by atoms with Gasteiger partial charge < -0.3 is 14.6 Å². The molecule has 1 aliphatic heterocycles. The van der Waals surface area contributed by atoms with Gasteiger partial charge in [0, 0.05) is 19.6 Å². The molecule has 1 aromatic carbocycles. The summed E-state index contributed by atoms with van der Waals surface area (Å²) >= 11 is 0. The van der Waals surface area contributed by atoms with E-state index < -0.39 is 42.6 Å². The number of aliphatic carboxylic acids is 1. The van der Waals surface area contributed by atoms with Crippen molar-refractivity contribution >= 4 is 5.97 Å². The topological polar surface area (TPSA) is 59.0 Å². The van der Waals surface area contributed by atoms with Gasteiger partial charge in [-0.1, -0.05) is 0 Å². The van der Waals surface area contributed by atoms with Gasteiger partial charge in [0.1, 0.15) is 18.1 Å². The minimum Gasteiger partial charge on any atom is -0.492 e. The Kier molecular flexibility index (Phi) is 5.89. The minimum absolute atomic E-state index is 0.0452. The number of benzene rings is 1. The van der Waals surface area contributed by atoms with E-state index in [-0.39, 0.29) is 25.4 Å². The van der Waals surface area contributed by atoms with Crippen LogP contribution in [-0.2, 0) is 4.79 Å². The predicted octanol–water partition coefficient (Wildman–Crippen LogP) is 3.16. The Balaban J connectivity index is 1.83. The molecule has 1 heterocycles. The van der Waals surface area contributed by atoms with E-state index in [1.165, 1.54) is 17.0 Å². The Morgan fingerprint density at radius 1 is 1.08 bits per heavy atom. The highest BCUT2D eigenvalue weighted by Gasteiger charge is 2.52. The molecular formula is C15H15F6NO4. The fourth-order valence-corrected chi connectivity index (χ4v) is 2.68. The summed E-state index contributed by atoms with van der Waals surface area (Å²) < 4.78 is 83.7. The molecule has 0 unspecified atom stereocenters. The lowest BCUT2D eigenvalue weighted by Gasteiger charge is -2.18. The van der Waals surface area contributed by atoms with E-state index in [1.54, 1.807) is 0 Å². The van der Waals surface area contributed by atoms with Crippen molar-refractivity contribution in [3.05, 3.63) is 24.3 Å². The zero-order chi connectivity index (χ0) is 19.5. The second kappa shape index (κ2) is 7.60. The predicted molar refractivity (Wildman–Crippen MR) is 75.7 cm³/mol. The first-order valence-electron chi connectivity index (χ1n) is 7.46. The van der Waals surface area contributed by atoms with Crippen molar-refractivity contribution in [2.45, 2.75) is 12.5 Å². The Morgan fingerprint density at radius 2 is 1.65 bits per heavy atom. The third kappa shape index (κ3) is 5.68. The van der Waals surface area contributed by atoms with E-state index in [9.17, 15) is 31.1 Å². The molecule has 1 N–H and O–H groups in total. The first-order valence-corrected chi connectivity index (χ1v) is 7.46. The fraction of sp³-hybridized carbons (Fsp3) is 0.533. The second-order valence-electron chi connectivity index (χ2n) is 5.72. The normalized spacial score (nSPS) is 21.6. The lowest BCUT2D eigenvalue weighted by Crippen LogP contribution is -2.33. The molecule has 0 aromatic heterocycles. The zero-order valence-electron chi connectivity index (χ0n) is 13.2. The van der Waals surface area contributed by atoms with E-state index in [1.807, 2.05) is 0 Å². The molecule has 0 bridgehead atoms. The highest BCUT2D eigenvalue weighted by atomic mass is 19.4. The summed E-state index contributed by atoms with van der Waals surface area (Å²) in [4.78, 5) is 12.3. The quantitative estimate of drug-likeness (QED) is 0.760. The van der Waals surface area contributed by atoms with Crippen LogP contribution in [0.15, 0.2) is 24.3 Å². The van der Waals surface area contributed by atoms with Crippen molar-refractivity contribution in [2.75, 3.05) is 26.2 Å². The van der Waals surface area contributed by atoms with Crippen LogP contribution in [0.5, 0.6) is 11.5 Å². The number of alkyl halides is 6. The van der Waals surface area contributed by atoms with Crippen molar-refractivity contribution < 1.29 is 45.7 Å². The molecule has 0 radical (unpaired) electrons. The molecule has 146 valence electrons. The second-order valence-corrected chi connectivity index (χ2v) is 5.72. The summed E-state index contributed by atoms with van der Waals surface area (Å²) in [6, 6.07) is 4.53. The summed E-state index contributed by atoms with van der Waals surface area (Å²) in [6.07, 6.45) is -9.42. The third-order valence-electron chi connectivity index (χ3n) is 3.87. The lowest BCUT2D eigenvalue weighted by molar-refractivity contribution is -0.274. The van der Waals surface area contributed by atoms with E-state index in [4.69, 9.17) is 9.84 Å². The number of ether oxygens (including phenoxy) is 2. The Hall–Kier alpha value is -2.17. The number of carbonyl (C=O) groups is 1. The van der Waals surface area contributed by atoms with Gasteiger partial charge in [-0.3, -0.25) is 9.69 Å². The Labute approximate surface area is 144 Å². The molecule has 2 atom stereocenters. The van der Waals surface area contributed by atoms with Gasteiger partial charge in [0.2, 0.25) is 0 Å². The Morgan fingerprint density at radius 3 is 2.12 bits per heavy atom. The molecule has 2 rings (SSSR count). The van der Waals surface area contributed by atoms with Gasteiger partial charge in [-0.25, -0.2) is 0 Å². The molecule has 0 amide bonds. The van der Waals surface area contributed by atoms with Gasteiger partial charge in [0.15, 0.2) is 0 Å². The number of rotatable bonds is 6. The molecule has 1 aromatic rings. The van der Waals surface area contributed by atoms with Crippen molar-refractivity contribution in [3.63, 3.8) is 0 Å². The van der Waals surface area contributed by atoms with E-state index >= 15 is 0 Å². The van der Waals surface area contributed by atoms with E-state index in [0.717, 1.165) is 12.1 Å². The smallest absolute Gasteiger partial charge is 0.492 e. The largest absolute Gasteiger partial charge is 0.573 e. The van der Waals surface area contributed by atoms with Crippen molar-refractivity contribution in [1.29, 1.82) is 0 Å². The molecule has 1 aliphatic rings. The van der Waals surface area contributed by atoms with Crippen LogP contribution in [0.25, 0.3) is 0 Å². The lowest BCUT2D eigenvalue weighted by atomic mass is 9.96. The van der Waals surface area contributed by atoms with Gasteiger partial charge in [-0.2, -0.15) is 13.2 Å². The van der Waals surface area contributed by atoms with Crippen LogP contribution in [-0.4, -0.2) is 54.8 Å². The highest BCUT2D eigenvalue weighted by molar-refractivity contribution is 5.71. The number of hydrogen-bond acceptors (Lipinski definition) is 4. The molecule has 1 fully saturated rings. The van der Waals surface area contributed by atoms with Gasteiger partial charge in [-0.05, 0) is 24.3 Å². The van der Waals surface area contributed by atoms with E-state index in [2.05, 4.69) is 4.74 Å². The number of hydrogen-bond donors (Lipinski definition) is 1. The monoisotopic (exact) mass is 387 g/mol. The maximum Gasteiger partial charge on any atom is 0.573 e. The van der Waals surface area contributed by atoms with Crippen LogP contribution in [0.3, 0.4) is 0 Å². The molecule has 26 heavy (non-hydrogen) atoms. The molecule has 0 saturated carbocycles. The first kappa shape index (κ1) is 20.1. The maximum absolute atomic E-state index is 12.9. The number of carboxylic acid groups (broad SMARTS) is 1. The minimum atomic E-state index is -4.81. The molecule has 11 heteroatoms. The number of carboxylic acids is 1. The SMILES string of the molecule is O=C(O)[C@@H]1CN(CCOc2ccc(OC(F)(F)F)cc2)C[C@H]1C(F)(F)F. The standard InChI is InChI=1S/C15H15F6NO4/c16-14(17,18)12-8-22(7-11(12)13(23)24)5-6-25-9-1-3-10(4-2-9)26-15(19,20)21/h1-4,11-12H,5-8H2,(H,23,24)/t11-,12-/m1/s1. The van der Waals surface area contributed by atoms with Crippen molar-refractivity contribution in [1.82, 2.24) is 4.90 Å². The fourth-order valence-electron chi connectivity index (χ4n) is 2.68. The van der Waals surface area contributed by atoms with E-state index in [0.29, 0.717) is 0 Å². The average molecular weight is 387 g/mol. The van der Waals surface area contributed by atoms with Gasteiger partial charge in [0.05, 0.1) is 11.8 Å². The summed E-state index contributed by atoms with van der Waals surface area (Å²) in [6.45, 7) is -0.684. The van der Waals surface area contributed by atoms with Crippen LogP contribution < -0.4 is 9.47 Å². The van der Waals surface area contributed by atoms with Crippen molar-refractivity contribution in [2.24, 2.45) is 11.8 Å². The first-order chi connectivity index (χ1) is 12.0. The van der Waals surface area contributed by atoms with Gasteiger partial charge >= 0.3 is 18.5 Å². The highest BCUT2D eigenvalue weighted by Crippen LogP contribution is 2.37. The molecule has 0 spiro atoms. The van der Waals surface area contributed by atoms with Crippen LogP contribution >= 0.6 is 0 Å². The number of halogens is 6. The summed E-state index contributed by atoms with van der Waals surface area (Å²) in [5, 5.41) is 8.92. The number of likely N-dealkylation sites (tertiary alicyclic amines) is 1. The van der Waals surface area contributed by atoms with Crippen LogP contribution in [0.1, 0.15) is 0 Å². The van der Waals surface area contributed by atoms with Crippen LogP contribution in [0.2, 0.25) is 0 Å². The van der Waals surface area contributed by atoms with Gasteiger partial charge in [0.25, 0.3) is 0 Å². The molecule has 1 saturated heterocycles. The van der Waals surface area contributed by atoms with Crippen molar-refractivity contribution in [3.8, 4) is 11.5 Å². The summed E-state index contributed by atoms with van der Waals surface area (Å²) in [5.41, 5.74) is 0. The molecular weight excluding hydrogens is 372 g/mol. The van der Waals surface area contributed by atoms with Crippen LogP contribution in [0, 0.1) is 11.8 Å². The average Bonchev–Trinajstić information content (AvgIpc) is 2.92. The summed E-state index contributed by atoms with van der Waals surface area (Å²) in [7, 11) is 0. The Bertz CT molecular complexity index is 616. The van der Waals surface area contributed by atoms with Crippen LogP contribution in [0.4, 0.5) is 26.3 Å². The summed E-state index contributed by atoms with van der Waals surface area (Å²) in [5.74, 6) is -5.20.